The molecule has 2 nitrogen and oxygen atoms in total. The average molecular weight is 240 g/mol. The van der Waals surface area contributed by atoms with Gasteiger partial charge in [0.1, 0.15) is 0 Å². The number of hydrogen-bond donors (Lipinski definition) is 1. The summed E-state index contributed by atoms with van der Waals surface area (Å²) in [4.78, 5) is 0. The van der Waals surface area contributed by atoms with Crippen molar-refractivity contribution in [2.45, 2.75) is 31.2 Å². The molecule has 1 atom stereocenters. The highest BCUT2D eigenvalue weighted by Gasteiger charge is 2.14. The first-order valence-corrected chi connectivity index (χ1v) is 6.42. The number of anilines is 1. The van der Waals surface area contributed by atoms with E-state index in [-0.39, 0.29) is 0 Å². The van der Waals surface area contributed by atoms with Gasteiger partial charge in [-0.2, -0.15) is 0 Å². The Labute approximate surface area is 102 Å². The molecule has 1 aromatic carbocycles. The molecule has 3 heteroatoms. The number of benzene rings is 1. The van der Waals surface area contributed by atoms with Gasteiger partial charge in [0.25, 0.3) is 0 Å². The van der Waals surface area contributed by atoms with Crippen molar-refractivity contribution in [3.63, 3.8) is 0 Å². The van der Waals surface area contributed by atoms with Crippen LogP contribution in [0.2, 0.25) is 0 Å². The normalized spacial score (nSPS) is 19.9. The van der Waals surface area contributed by atoms with Crippen LogP contribution >= 0.6 is 11.6 Å². The fourth-order valence-corrected chi connectivity index (χ4v) is 2.14. The van der Waals surface area contributed by atoms with Crippen LogP contribution in [0.1, 0.15) is 24.8 Å². The third-order valence-corrected chi connectivity index (χ3v) is 3.24. The van der Waals surface area contributed by atoms with Crippen molar-refractivity contribution in [3.05, 3.63) is 29.8 Å². The van der Waals surface area contributed by atoms with E-state index in [1.54, 1.807) is 0 Å². The summed E-state index contributed by atoms with van der Waals surface area (Å²) in [5.41, 5.74) is 2.32. The second-order valence-electron chi connectivity index (χ2n) is 4.18. The zero-order valence-electron chi connectivity index (χ0n) is 9.42. The lowest BCUT2D eigenvalue weighted by Gasteiger charge is -2.11. The summed E-state index contributed by atoms with van der Waals surface area (Å²) < 4.78 is 5.57. The molecule has 1 aromatic rings. The second kappa shape index (κ2) is 6.12. The highest BCUT2D eigenvalue weighted by molar-refractivity contribution is 6.17. The predicted molar refractivity (Wildman–Crippen MR) is 68.1 cm³/mol. The molecule has 1 aliphatic heterocycles. The number of nitrogens with one attached hydrogen (secondary N) is 1. The summed E-state index contributed by atoms with van der Waals surface area (Å²) in [5, 5.41) is 3.40. The van der Waals surface area contributed by atoms with Crippen molar-refractivity contribution in [2.24, 2.45) is 0 Å². The summed E-state index contributed by atoms with van der Waals surface area (Å²) in [5.74, 6) is 0.580. The largest absolute Gasteiger partial charge is 0.385 e. The smallest absolute Gasteiger partial charge is 0.0592 e. The molecular formula is C13H18ClNO. The summed E-state index contributed by atoms with van der Waals surface area (Å²) in [6, 6.07) is 8.27. The summed E-state index contributed by atoms with van der Waals surface area (Å²) >= 11 is 5.73. The summed E-state index contributed by atoms with van der Waals surface area (Å²) in [6.45, 7) is 1.92. The third kappa shape index (κ3) is 3.39. The van der Waals surface area contributed by atoms with E-state index in [9.17, 15) is 0 Å². The number of ether oxygens (including phenoxy) is 1. The lowest BCUT2D eigenvalue weighted by Crippen LogP contribution is -2.12. The quantitative estimate of drug-likeness (QED) is 0.796. The monoisotopic (exact) mass is 239 g/mol. The van der Waals surface area contributed by atoms with Crippen molar-refractivity contribution in [1.82, 2.24) is 0 Å². The highest BCUT2D eigenvalue weighted by atomic mass is 35.5. The van der Waals surface area contributed by atoms with E-state index >= 15 is 0 Å². The molecule has 1 aliphatic rings. The average Bonchev–Trinajstić information content (AvgIpc) is 2.83. The maximum atomic E-state index is 5.73. The molecule has 0 saturated carbocycles. The minimum atomic E-state index is 0.467. The van der Waals surface area contributed by atoms with Crippen molar-refractivity contribution in [3.8, 4) is 0 Å². The molecule has 0 aliphatic carbocycles. The SMILES string of the molecule is ClCc1ccc(NCCC2CCCO2)cc1. The molecule has 0 spiro atoms. The predicted octanol–water partition coefficient (Wildman–Crippen LogP) is 3.41. The van der Waals surface area contributed by atoms with Crippen LogP contribution < -0.4 is 5.32 Å². The standard InChI is InChI=1S/C13H18ClNO/c14-10-11-3-5-12(6-4-11)15-8-7-13-2-1-9-16-13/h3-6,13,15H,1-2,7-10H2. The van der Waals surface area contributed by atoms with Crippen molar-refractivity contribution in [1.29, 1.82) is 0 Å². The van der Waals surface area contributed by atoms with Gasteiger partial charge in [0.15, 0.2) is 0 Å². The lowest BCUT2D eigenvalue weighted by molar-refractivity contribution is 0.107. The van der Waals surface area contributed by atoms with Crippen LogP contribution in [0.4, 0.5) is 5.69 Å². The Morgan fingerprint density at radius 3 is 2.75 bits per heavy atom. The molecule has 2 rings (SSSR count). The molecule has 1 saturated heterocycles. The van der Waals surface area contributed by atoms with Gasteiger partial charge in [-0.25, -0.2) is 0 Å². The Kier molecular flexibility index (Phi) is 4.49. The molecule has 0 bridgehead atoms. The van der Waals surface area contributed by atoms with E-state index < -0.39 is 0 Å². The van der Waals surface area contributed by atoms with Gasteiger partial charge in [-0.15, -0.1) is 11.6 Å². The molecule has 88 valence electrons. The van der Waals surface area contributed by atoms with Gasteiger partial charge in [0.2, 0.25) is 0 Å². The summed E-state index contributed by atoms with van der Waals surface area (Å²) in [7, 11) is 0. The van der Waals surface area contributed by atoms with Crippen LogP contribution in [0.3, 0.4) is 0 Å². The fraction of sp³-hybridized carbons (Fsp3) is 0.538. The van der Waals surface area contributed by atoms with E-state index in [0.29, 0.717) is 12.0 Å². The van der Waals surface area contributed by atoms with Crippen LogP contribution in [-0.2, 0) is 10.6 Å². The third-order valence-electron chi connectivity index (χ3n) is 2.93. The van der Waals surface area contributed by atoms with Gasteiger partial charge in [-0.3, -0.25) is 0 Å². The molecule has 1 N–H and O–H groups in total. The molecule has 16 heavy (non-hydrogen) atoms. The number of halogens is 1. The molecule has 1 fully saturated rings. The Balaban J connectivity index is 1.71. The van der Waals surface area contributed by atoms with Crippen molar-refractivity contribution < 1.29 is 4.74 Å². The van der Waals surface area contributed by atoms with E-state index in [4.69, 9.17) is 16.3 Å². The van der Waals surface area contributed by atoms with Crippen LogP contribution in [0, 0.1) is 0 Å². The van der Waals surface area contributed by atoms with Gasteiger partial charge >= 0.3 is 0 Å². The van der Waals surface area contributed by atoms with Gasteiger partial charge in [0, 0.05) is 24.7 Å². The highest BCUT2D eigenvalue weighted by Crippen LogP contribution is 2.16. The van der Waals surface area contributed by atoms with Crippen LogP contribution in [0.5, 0.6) is 0 Å². The second-order valence-corrected chi connectivity index (χ2v) is 4.45. The van der Waals surface area contributed by atoms with Crippen molar-refractivity contribution in [2.75, 3.05) is 18.5 Å². The Hall–Kier alpha value is -0.730. The van der Waals surface area contributed by atoms with E-state index in [2.05, 4.69) is 29.6 Å². The molecule has 0 radical (unpaired) electrons. The number of hydrogen-bond acceptors (Lipinski definition) is 2. The molecule has 1 heterocycles. The van der Waals surface area contributed by atoms with E-state index in [0.717, 1.165) is 30.8 Å². The molecular weight excluding hydrogens is 222 g/mol. The van der Waals surface area contributed by atoms with Gasteiger partial charge in [-0.1, -0.05) is 12.1 Å². The van der Waals surface area contributed by atoms with Crippen LogP contribution in [0.25, 0.3) is 0 Å². The Morgan fingerprint density at radius 2 is 2.12 bits per heavy atom. The van der Waals surface area contributed by atoms with Gasteiger partial charge in [-0.05, 0) is 37.0 Å². The number of rotatable bonds is 5. The van der Waals surface area contributed by atoms with E-state index in [1.807, 2.05) is 0 Å². The van der Waals surface area contributed by atoms with Gasteiger partial charge < -0.3 is 10.1 Å². The number of alkyl halides is 1. The minimum absolute atomic E-state index is 0.467. The van der Waals surface area contributed by atoms with Crippen LogP contribution in [0.15, 0.2) is 24.3 Å². The lowest BCUT2D eigenvalue weighted by atomic mass is 10.2. The first-order chi connectivity index (χ1) is 7.88. The minimum Gasteiger partial charge on any atom is -0.385 e. The zero-order valence-corrected chi connectivity index (χ0v) is 10.2. The molecule has 0 aromatic heterocycles. The Bertz CT molecular complexity index is 306. The Morgan fingerprint density at radius 1 is 1.31 bits per heavy atom. The molecule has 1 unspecified atom stereocenters. The topological polar surface area (TPSA) is 21.3 Å². The van der Waals surface area contributed by atoms with Crippen LogP contribution in [-0.4, -0.2) is 19.3 Å². The van der Waals surface area contributed by atoms with Crippen molar-refractivity contribution >= 4 is 17.3 Å². The summed E-state index contributed by atoms with van der Waals surface area (Å²) in [6.07, 6.45) is 3.99. The maximum Gasteiger partial charge on any atom is 0.0592 e. The zero-order chi connectivity index (χ0) is 11.2. The maximum absolute atomic E-state index is 5.73. The fourth-order valence-electron chi connectivity index (χ4n) is 1.96. The first-order valence-electron chi connectivity index (χ1n) is 5.89. The van der Waals surface area contributed by atoms with E-state index in [1.165, 1.54) is 12.8 Å². The van der Waals surface area contributed by atoms with Gasteiger partial charge in [0.05, 0.1) is 6.10 Å². The first kappa shape index (κ1) is 11.7. The molecule has 0 amide bonds.